The van der Waals surface area contributed by atoms with Crippen LogP contribution in [0.4, 0.5) is 13.2 Å². The van der Waals surface area contributed by atoms with Gasteiger partial charge in [0, 0.05) is 24.4 Å². The van der Waals surface area contributed by atoms with Crippen molar-refractivity contribution < 1.29 is 23.1 Å². The van der Waals surface area contributed by atoms with E-state index in [-0.39, 0.29) is 16.0 Å². The zero-order valence-corrected chi connectivity index (χ0v) is 17.0. The van der Waals surface area contributed by atoms with Gasteiger partial charge in [0.1, 0.15) is 0 Å². The van der Waals surface area contributed by atoms with Gasteiger partial charge < -0.3 is 10.8 Å². The lowest BCUT2D eigenvalue weighted by Crippen LogP contribution is -2.20. The first-order chi connectivity index (χ1) is 12.8. The molecule has 1 unspecified atom stereocenters. The number of aryl methyl sites for hydroxylation is 1. The quantitative estimate of drug-likeness (QED) is 0.679. The van der Waals surface area contributed by atoms with Crippen LogP contribution in [0.2, 0.25) is 0 Å². The highest BCUT2D eigenvalue weighted by Crippen LogP contribution is 2.40. The first-order valence-corrected chi connectivity index (χ1v) is 9.63. The first-order valence-electron chi connectivity index (χ1n) is 8.64. The number of carbonyl (C=O) groups is 1. The number of benzene rings is 1. The largest absolute Gasteiger partial charge is 0.481 e. The number of aliphatic carboxylic acids is 1. The van der Waals surface area contributed by atoms with Crippen LogP contribution in [0.5, 0.6) is 0 Å². The van der Waals surface area contributed by atoms with E-state index in [0.717, 1.165) is 27.6 Å². The SMILES string of the molecule is Cn1nc(C(F)(F)F)c(C(N)CC(=O)O)c1SCc1ccc(C(C)(C)C)cc1. The molecule has 2 rings (SSSR count). The van der Waals surface area contributed by atoms with Crippen molar-refractivity contribution in [3.8, 4) is 0 Å². The Hall–Kier alpha value is -2.00. The monoisotopic (exact) mass is 415 g/mol. The minimum Gasteiger partial charge on any atom is -0.481 e. The van der Waals surface area contributed by atoms with E-state index in [9.17, 15) is 18.0 Å². The summed E-state index contributed by atoms with van der Waals surface area (Å²) in [5, 5.41) is 12.7. The molecule has 0 radical (unpaired) electrons. The number of hydrogen-bond acceptors (Lipinski definition) is 4. The van der Waals surface area contributed by atoms with Crippen molar-refractivity contribution in [3.05, 3.63) is 46.6 Å². The van der Waals surface area contributed by atoms with Crippen molar-refractivity contribution >= 4 is 17.7 Å². The Kier molecular flexibility index (Phi) is 6.50. The Morgan fingerprint density at radius 1 is 1.25 bits per heavy atom. The molecule has 0 bridgehead atoms. The van der Waals surface area contributed by atoms with Gasteiger partial charge >= 0.3 is 12.1 Å². The summed E-state index contributed by atoms with van der Waals surface area (Å²) >= 11 is 1.16. The number of hydrogen-bond donors (Lipinski definition) is 2. The van der Waals surface area contributed by atoms with Crippen LogP contribution >= 0.6 is 11.8 Å². The van der Waals surface area contributed by atoms with Crippen LogP contribution in [0.3, 0.4) is 0 Å². The molecular formula is C19H24F3N3O2S. The van der Waals surface area contributed by atoms with Crippen LogP contribution in [-0.4, -0.2) is 20.9 Å². The lowest BCUT2D eigenvalue weighted by molar-refractivity contribution is -0.143. The molecule has 9 heteroatoms. The molecule has 3 N–H and O–H groups in total. The van der Waals surface area contributed by atoms with Gasteiger partial charge in [0.05, 0.1) is 11.4 Å². The molecule has 0 saturated heterocycles. The van der Waals surface area contributed by atoms with E-state index in [1.165, 1.54) is 7.05 Å². The summed E-state index contributed by atoms with van der Waals surface area (Å²) in [6.45, 7) is 6.30. The minimum atomic E-state index is -4.71. The molecule has 2 aromatic rings. The molecular weight excluding hydrogens is 391 g/mol. The number of carboxylic acids is 1. The maximum Gasteiger partial charge on any atom is 0.435 e. The number of aromatic nitrogens is 2. The summed E-state index contributed by atoms with van der Waals surface area (Å²) < 4.78 is 41.2. The third-order valence-corrected chi connectivity index (χ3v) is 5.49. The van der Waals surface area contributed by atoms with Crippen molar-refractivity contribution in [2.24, 2.45) is 12.8 Å². The van der Waals surface area contributed by atoms with Crippen molar-refractivity contribution in [1.82, 2.24) is 9.78 Å². The normalized spacial score (nSPS) is 13.6. The highest BCUT2D eigenvalue weighted by Gasteiger charge is 2.40. The van der Waals surface area contributed by atoms with Gasteiger partial charge in [0.15, 0.2) is 5.69 Å². The second kappa shape index (κ2) is 8.16. The van der Waals surface area contributed by atoms with Crippen molar-refractivity contribution in [3.63, 3.8) is 0 Å². The molecule has 0 amide bonds. The Labute approximate surface area is 166 Å². The molecule has 1 aromatic heterocycles. The molecule has 5 nitrogen and oxygen atoms in total. The smallest absolute Gasteiger partial charge is 0.435 e. The summed E-state index contributed by atoms with van der Waals surface area (Å²) in [6, 6.07) is 6.57. The van der Waals surface area contributed by atoms with Gasteiger partial charge in [-0.1, -0.05) is 45.0 Å². The fraction of sp³-hybridized carbons (Fsp3) is 0.474. The lowest BCUT2D eigenvalue weighted by atomic mass is 9.87. The van der Waals surface area contributed by atoms with Crippen LogP contribution in [0.25, 0.3) is 0 Å². The Morgan fingerprint density at radius 2 is 1.82 bits per heavy atom. The third-order valence-electron chi connectivity index (χ3n) is 4.26. The number of thioether (sulfide) groups is 1. The van der Waals surface area contributed by atoms with Gasteiger partial charge in [0.25, 0.3) is 0 Å². The Balaban J connectivity index is 2.32. The molecule has 154 valence electrons. The van der Waals surface area contributed by atoms with Crippen molar-refractivity contribution in [2.75, 3.05) is 0 Å². The highest BCUT2D eigenvalue weighted by molar-refractivity contribution is 7.98. The molecule has 0 spiro atoms. The summed E-state index contributed by atoms with van der Waals surface area (Å²) in [5.41, 5.74) is 6.50. The molecule has 1 atom stereocenters. The standard InChI is InChI=1S/C19H24F3N3O2S/c1-18(2,3)12-7-5-11(6-8-12)10-28-17-15(13(23)9-14(26)27)16(19(20,21)22)24-25(17)4/h5-8,13H,9-10,23H2,1-4H3,(H,26,27). The number of nitrogens with two attached hydrogens (primary N) is 1. The van der Waals surface area contributed by atoms with E-state index in [1.807, 2.05) is 24.3 Å². The van der Waals surface area contributed by atoms with E-state index >= 15 is 0 Å². The highest BCUT2D eigenvalue weighted by atomic mass is 32.2. The lowest BCUT2D eigenvalue weighted by Gasteiger charge is -2.19. The fourth-order valence-corrected chi connectivity index (χ4v) is 3.91. The van der Waals surface area contributed by atoms with Crippen molar-refractivity contribution in [1.29, 1.82) is 0 Å². The van der Waals surface area contributed by atoms with E-state index in [2.05, 4.69) is 25.9 Å². The van der Waals surface area contributed by atoms with Crippen LogP contribution in [0.1, 0.15) is 55.6 Å². The Bertz CT molecular complexity index is 840. The average Bonchev–Trinajstić information content (AvgIpc) is 2.89. The van der Waals surface area contributed by atoms with Gasteiger partial charge in [-0.05, 0) is 16.5 Å². The van der Waals surface area contributed by atoms with Crippen LogP contribution in [-0.2, 0) is 29.2 Å². The van der Waals surface area contributed by atoms with E-state index in [4.69, 9.17) is 10.8 Å². The molecule has 28 heavy (non-hydrogen) atoms. The predicted octanol–water partition coefficient (Wildman–Crippen LogP) is 4.50. The predicted molar refractivity (Wildman–Crippen MR) is 102 cm³/mol. The van der Waals surface area contributed by atoms with Crippen LogP contribution in [0.15, 0.2) is 29.3 Å². The second-order valence-corrected chi connectivity index (χ2v) is 8.59. The zero-order valence-electron chi connectivity index (χ0n) is 16.2. The summed E-state index contributed by atoms with van der Waals surface area (Å²) in [6.07, 6.45) is -5.32. The van der Waals surface area contributed by atoms with Crippen LogP contribution < -0.4 is 5.73 Å². The zero-order chi connectivity index (χ0) is 21.3. The van der Waals surface area contributed by atoms with Gasteiger partial charge in [-0.3, -0.25) is 9.48 Å². The summed E-state index contributed by atoms with van der Waals surface area (Å²) in [7, 11) is 1.40. The number of halogens is 3. The number of nitrogens with zero attached hydrogens (tertiary/aromatic N) is 2. The minimum absolute atomic E-state index is 0.00605. The van der Waals surface area contributed by atoms with Gasteiger partial charge in [-0.2, -0.15) is 18.3 Å². The maximum absolute atomic E-state index is 13.4. The molecule has 1 aromatic carbocycles. The van der Waals surface area contributed by atoms with Crippen molar-refractivity contribution in [2.45, 2.75) is 55.6 Å². The van der Waals surface area contributed by atoms with E-state index in [1.54, 1.807) is 0 Å². The molecule has 0 aliphatic heterocycles. The number of carboxylic acid groups (broad SMARTS) is 1. The topological polar surface area (TPSA) is 81.1 Å². The molecule has 1 heterocycles. The first kappa shape index (κ1) is 22.3. The van der Waals surface area contributed by atoms with E-state index in [0.29, 0.717) is 5.75 Å². The molecule has 0 fully saturated rings. The molecule has 0 aliphatic carbocycles. The Morgan fingerprint density at radius 3 is 2.29 bits per heavy atom. The van der Waals surface area contributed by atoms with Gasteiger partial charge in [0.2, 0.25) is 0 Å². The molecule has 0 saturated carbocycles. The van der Waals surface area contributed by atoms with E-state index < -0.39 is 30.3 Å². The van der Waals surface area contributed by atoms with Gasteiger partial charge in [-0.25, -0.2) is 0 Å². The fourth-order valence-electron chi connectivity index (χ4n) is 2.78. The van der Waals surface area contributed by atoms with Crippen LogP contribution in [0, 0.1) is 0 Å². The van der Waals surface area contributed by atoms with Gasteiger partial charge in [-0.15, -0.1) is 11.8 Å². The molecule has 0 aliphatic rings. The maximum atomic E-state index is 13.4. The second-order valence-electron chi connectivity index (χ2n) is 7.63. The number of alkyl halides is 3. The summed E-state index contributed by atoms with van der Waals surface area (Å²) in [5.74, 6) is -0.855. The average molecular weight is 415 g/mol. The summed E-state index contributed by atoms with van der Waals surface area (Å²) in [4.78, 5) is 11.0. The third kappa shape index (κ3) is 5.29. The number of rotatable bonds is 6.